The smallest absolute Gasteiger partial charge is 0.0442 e. The lowest BCUT2D eigenvalue weighted by Gasteiger charge is -2.14. The molecule has 1 rings (SSSR count). The minimum atomic E-state index is 0.226. The molecule has 13 heavy (non-hydrogen) atoms. The van der Waals surface area contributed by atoms with Gasteiger partial charge >= 0.3 is 0 Å². The average Bonchev–Trinajstić information content (AvgIpc) is 2.13. The second-order valence-electron chi connectivity index (χ2n) is 2.75. The van der Waals surface area contributed by atoms with Crippen LogP contribution >= 0.6 is 31.9 Å². The molecular weight excluding hydrogens is 296 g/mol. The molecule has 0 fully saturated rings. The van der Waals surface area contributed by atoms with Crippen molar-refractivity contribution < 1.29 is 0 Å². The van der Waals surface area contributed by atoms with Crippen molar-refractivity contribution in [2.24, 2.45) is 5.73 Å². The van der Waals surface area contributed by atoms with Crippen LogP contribution in [-0.2, 0) is 0 Å². The number of halogens is 2. The van der Waals surface area contributed by atoms with Crippen LogP contribution in [0, 0.1) is 0 Å². The van der Waals surface area contributed by atoms with Crippen molar-refractivity contribution in [3.63, 3.8) is 0 Å². The highest BCUT2D eigenvalue weighted by Crippen LogP contribution is 2.26. The Bertz CT molecular complexity index is 285. The normalized spacial score (nSPS) is 12.9. The van der Waals surface area contributed by atoms with Gasteiger partial charge in [0, 0.05) is 21.5 Å². The van der Waals surface area contributed by atoms with E-state index in [4.69, 9.17) is 5.73 Å². The first-order chi connectivity index (χ1) is 6.19. The Kier molecular flexibility index (Phi) is 4.38. The summed E-state index contributed by atoms with van der Waals surface area (Å²) in [6.07, 6.45) is 0. The van der Waals surface area contributed by atoms with Crippen LogP contribution in [-0.4, -0.2) is 13.6 Å². The molecule has 0 spiro atoms. The van der Waals surface area contributed by atoms with E-state index in [1.165, 1.54) is 5.56 Å². The fourth-order valence-electron chi connectivity index (χ4n) is 1.15. The highest BCUT2D eigenvalue weighted by Gasteiger charge is 2.07. The Balaban J connectivity index is 2.95. The molecule has 2 nitrogen and oxygen atoms in total. The minimum absolute atomic E-state index is 0.226. The Hall–Kier alpha value is 0.1000. The third-order valence-electron chi connectivity index (χ3n) is 1.93. The number of nitrogens with one attached hydrogen (secondary N) is 1. The predicted molar refractivity (Wildman–Crippen MR) is 62.7 cm³/mol. The van der Waals surface area contributed by atoms with E-state index in [1.54, 1.807) is 0 Å². The van der Waals surface area contributed by atoms with Crippen molar-refractivity contribution >= 4 is 31.9 Å². The molecular formula is C9H12Br2N2. The lowest BCUT2D eigenvalue weighted by atomic mass is 10.1. The highest BCUT2D eigenvalue weighted by atomic mass is 79.9. The quantitative estimate of drug-likeness (QED) is 0.900. The molecule has 0 aliphatic rings. The molecule has 1 atom stereocenters. The fraction of sp³-hybridized carbons (Fsp3) is 0.333. The van der Waals surface area contributed by atoms with Crippen molar-refractivity contribution in [1.82, 2.24) is 5.32 Å². The molecule has 0 saturated heterocycles. The number of rotatable bonds is 3. The Labute approximate surface area is 95.2 Å². The molecule has 1 unspecified atom stereocenters. The molecule has 0 bridgehead atoms. The largest absolute Gasteiger partial charge is 0.329 e. The van der Waals surface area contributed by atoms with E-state index in [0.29, 0.717) is 6.54 Å². The van der Waals surface area contributed by atoms with Crippen LogP contribution in [0.25, 0.3) is 0 Å². The van der Waals surface area contributed by atoms with Crippen molar-refractivity contribution in [2.45, 2.75) is 6.04 Å². The number of hydrogen-bond acceptors (Lipinski definition) is 2. The Morgan fingerprint density at radius 1 is 1.38 bits per heavy atom. The van der Waals surface area contributed by atoms with Gasteiger partial charge in [0.1, 0.15) is 0 Å². The maximum absolute atomic E-state index is 5.61. The summed E-state index contributed by atoms with van der Waals surface area (Å²) in [5.41, 5.74) is 6.81. The number of likely N-dealkylation sites (N-methyl/N-ethyl adjacent to an activating group) is 1. The summed E-state index contributed by atoms with van der Waals surface area (Å²) in [4.78, 5) is 0. The standard InChI is InChI=1S/C9H12Br2N2/c1-13-9(5-12)6-2-3-7(10)8(11)4-6/h2-4,9,13H,5,12H2,1H3. The van der Waals surface area contributed by atoms with Crippen molar-refractivity contribution in [3.8, 4) is 0 Å². The van der Waals surface area contributed by atoms with Gasteiger partial charge < -0.3 is 11.1 Å². The maximum atomic E-state index is 5.61. The molecule has 0 radical (unpaired) electrons. The van der Waals surface area contributed by atoms with Crippen LogP contribution in [0.2, 0.25) is 0 Å². The zero-order valence-electron chi connectivity index (χ0n) is 7.35. The minimum Gasteiger partial charge on any atom is -0.329 e. The first-order valence-corrected chi connectivity index (χ1v) is 5.60. The van der Waals surface area contributed by atoms with E-state index in [-0.39, 0.29) is 6.04 Å². The summed E-state index contributed by atoms with van der Waals surface area (Å²) in [5.74, 6) is 0. The van der Waals surface area contributed by atoms with E-state index in [1.807, 2.05) is 13.1 Å². The van der Waals surface area contributed by atoms with E-state index in [2.05, 4.69) is 49.3 Å². The molecule has 0 heterocycles. The van der Waals surface area contributed by atoms with Gasteiger partial charge in [-0.3, -0.25) is 0 Å². The van der Waals surface area contributed by atoms with Gasteiger partial charge in [0.05, 0.1) is 0 Å². The van der Waals surface area contributed by atoms with Crippen molar-refractivity contribution in [2.75, 3.05) is 13.6 Å². The maximum Gasteiger partial charge on any atom is 0.0442 e. The molecule has 72 valence electrons. The number of hydrogen-bond donors (Lipinski definition) is 2. The van der Waals surface area contributed by atoms with Gasteiger partial charge in [-0.15, -0.1) is 0 Å². The van der Waals surface area contributed by atoms with Crippen LogP contribution in [0.15, 0.2) is 27.1 Å². The lowest BCUT2D eigenvalue weighted by molar-refractivity contribution is 0.605. The number of nitrogens with two attached hydrogens (primary N) is 1. The van der Waals surface area contributed by atoms with Crippen LogP contribution in [0.3, 0.4) is 0 Å². The SMILES string of the molecule is CNC(CN)c1ccc(Br)c(Br)c1. The summed E-state index contributed by atoms with van der Waals surface area (Å²) in [6, 6.07) is 6.37. The molecule has 0 aromatic heterocycles. The molecule has 0 aliphatic heterocycles. The fourth-order valence-corrected chi connectivity index (χ4v) is 1.79. The van der Waals surface area contributed by atoms with E-state index < -0.39 is 0 Å². The second-order valence-corrected chi connectivity index (χ2v) is 4.46. The van der Waals surface area contributed by atoms with Gasteiger partial charge in [-0.2, -0.15) is 0 Å². The first kappa shape index (κ1) is 11.2. The van der Waals surface area contributed by atoms with Gasteiger partial charge in [-0.25, -0.2) is 0 Å². The molecule has 1 aromatic carbocycles. The predicted octanol–water partition coefficient (Wildman–Crippen LogP) is 2.43. The summed E-state index contributed by atoms with van der Waals surface area (Å²) in [5, 5.41) is 3.15. The van der Waals surface area contributed by atoms with Crippen LogP contribution in [0.5, 0.6) is 0 Å². The van der Waals surface area contributed by atoms with Crippen LogP contribution in [0.1, 0.15) is 11.6 Å². The Morgan fingerprint density at radius 3 is 2.54 bits per heavy atom. The molecule has 1 aromatic rings. The molecule has 3 N–H and O–H groups in total. The zero-order valence-corrected chi connectivity index (χ0v) is 10.5. The third kappa shape index (κ3) is 2.77. The molecule has 0 amide bonds. The van der Waals surface area contributed by atoms with Crippen LogP contribution < -0.4 is 11.1 Å². The van der Waals surface area contributed by atoms with Gasteiger partial charge in [0.15, 0.2) is 0 Å². The van der Waals surface area contributed by atoms with Gasteiger partial charge in [-0.1, -0.05) is 6.07 Å². The summed E-state index contributed by atoms with van der Waals surface area (Å²) >= 11 is 6.88. The first-order valence-electron chi connectivity index (χ1n) is 4.01. The highest BCUT2D eigenvalue weighted by molar-refractivity contribution is 9.13. The average molecular weight is 308 g/mol. The summed E-state index contributed by atoms with van der Waals surface area (Å²) in [7, 11) is 1.91. The van der Waals surface area contributed by atoms with Crippen LogP contribution in [0.4, 0.5) is 0 Å². The summed E-state index contributed by atoms with van der Waals surface area (Å²) in [6.45, 7) is 0.602. The summed E-state index contributed by atoms with van der Waals surface area (Å²) < 4.78 is 2.11. The topological polar surface area (TPSA) is 38.0 Å². The monoisotopic (exact) mass is 306 g/mol. The zero-order chi connectivity index (χ0) is 9.84. The lowest BCUT2D eigenvalue weighted by Crippen LogP contribution is -2.24. The second kappa shape index (κ2) is 5.10. The van der Waals surface area contributed by atoms with Gasteiger partial charge in [-0.05, 0) is 56.6 Å². The third-order valence-corrected chi connectivity index (χ3v) is 3.81. The molecule has 4 heteroatoms. The van der Waals surface area contributed by atoms with Crippen molar-refractivity contribution in [1.29, 1.82) is 0 Å². The van der Waals surface area contributed by atoms with Crippen molar-refractivity contribution in [3.05, 3.63) is 32.7 Å². The van der Waals surface area contributed by atoms with Gasteiger partial charge in [0.2, 0.25) is 0 Å². The van der Waals surface area contributed by atoms with E-state index in [9.17, 15) is 0 Å². The number of benzene rings is 1. The van der Waals surface area contributed by atoms with Gasteiger partial charge in [0.25, 0.3) is 0 Å². The molecule has 0 saturated carbocycles. The molecule has 0 aliphatic carbocycles. The Morgan fingerprint density at radius 2 is 2.08 bits per heavy atom. The van der Waals surface area contributed by atoms with E-state index >= 15 is 0 Å². The van der Waals surface area contributed by atoms with E-state index in [0.717, 1.165) is 8.95 Å².